The fourth-order valence-electron chi connectivity index (χ4n) is 21.7. The van der Waals surface area contributed by atoms with Crippen molar-refractivity contribution < 1.29 is 61.0 Å². The Balaban J connectivity index is 0.000000135. The number of halogens is 1. The van der Waals surface area contributed by atoms with Gasteiger partial charge < -0.3 is 65.4 Å². The second-order valence-corrected chi connectivity index (χ2v) is 47.2. The monoisotopic (exact) mass is 2140 g/mol. The number of likely N-dealkylation sites (N-methyl/N-ethyl adjacent to an activating group) is 1. The molecule has 0 unspecified atom stereocenters. The third-order valence-electron chi connectivity index (χ3n) is 31.3. The molecular formula is C114H138ClN15O14S5. The number of nitrogens with one attached hydrogen (secondary N) is 6. The van der Waals surface area contributed by atoms with Gasteiger partial charge in [0.1, 0.15) is 54.0 Å². The molecule has 35 heteroatoms. The predicted octanol–water partition coefficient (Wildman–Crippen LogP) is 19.3. The molecule has 6 aromatic heterocycles. The first-order valence-electron chi connectivity index (χ1n) is 53.2. The Bertz CT molecular complexity index is 6900. The first-order chi connectivity index (χ1) is 72.1. The highest BCUT2D eigenvalue weighted by Gasteiger charge is 2.47. The number of rotatable bonds is 28. The van der Waals surface area contributed by atoms with Crippen molar-refractivity contribution in [3.8, 4) is 45.0 Å². The zero-order valence-electron chi connectivity index (χ0n) is 86.4. The lowest BCUT2D eigenvalue weighted by atomic mass is 9.90. The maximum Gasteiger partial charge on any atom is 0.249 e. The Morgan fingerprint density at radius 3 is 1.20 bits per heavy atom. The molecule has 12 aromatic rings. The van der Waals surface area contributed by atoms with Gasteiger partial charge in [-0.05, 0) is 224 Å². The first kappa shape index (κ1) is 109. The molecule has 0 spiro atoms. The van der Waals surface area contributed by atoms with Crippen LogP contribution in [0, 0.1) is 48.3 Å². The highest BCUT2D eigenvalue weighted by Crippen LogP contribution is 2.46. The molecule has 0 bridgehead atoms. The number of benzene rings is 6. The molecule has 14 heterocycles. The van der Waals surface area contributed by atoms with Gasteiger partial charge in [0.2, 0.25) is 52.8 Å². The van der Waals surface area contributed by atoms with Gasteiger partial charge in [0.15, 0.2) is 0 Å². The third kappa shape index (κ3) is 25.7. The number of hydrogen-bond donors (Lipinski definition) is 6. The van der Waals surface area contributed by atoms with Gasteiger partial charge >= 0.3 is 0 Å². The van der Waals surface area contributed by atoms with Gasteiger partial charge in [0.25, 0.3) is 0 Å². The summed E-state index contributed by atoms with van der Waals surface area (Å²) in [6.07, 6.45) is 16.4. The van der Waals surface area contributed by atoms with Crippen LogP contribution in [-0.4, -0.2) is 220 Å². The molecule has 149 heavy (non-hydrogen) atoms. The molecule has 8 fully saturated rings. The van der Waals surface area contributed by atoms with Crippen LogP contribution < -0.4 is 32.1 Å². The number of para-hydroxylation sites is 1. The molecule has 0 aliphatic carbocycles. The molecule has 8 aliphatic heterocycles. The minimum Gasteiger partial charge on any atom is -0.381 e. The Labute approximate surface area is 892 Å². The lowest BCUT2D eigenvalue weighted by Gasteiger charge is -2.35. The number of likely N-dealkylation sites (tertiary alicyclic amines) is 4. The van der Waals surface area contributed by atoms with E-state index in [4.69, 9.17) is 45.7 Å². The zero-order valence-corrected chi connectivity index (χ0v) is 91.2. The summed E-state index contributed by atoms with van der Waals surface area (Å²) in [4.78, 5) is 155. The van der Waals surface area contributed by atoms with E-state index in [0.29, 0.717) is 83.7 Å². The highest BCUT2D eigenvalue weighted by atomic mass is 35.5. The van der Waals surface area contributed by atoms with E-state index in [0.717, 1.165) is 218 Å². The standard InChI is InChI=1S/C29H34ClN3O3S.C29H36N4O3S.C28H34N4O4S2.C28H34N4O4S/c1-3-18(2)27(34)32-26(19-10-13-36-14-11-19)29(35)33-12-6-9-25(33)28-31-24(17-37-28)23-16-21(30)15-20-7-4-5-8-22(20)23;1-4-19(3)27(34)32-26(20-10-14-36-15-11-20)29(35)33-13-5-6-25(33)28-31-24(17-37-28)22-9-12-30-23-16-18(2)7-8-21(22)23;1-18(29-2)26(33)31-25(20-12-15-38(35,36)16-13-20)28(34)32-14-6-11-24(32)27-30-23(17-37-27)22-10-5-8-19-7-3-4-9-21(19)22;1-3-17(2)26(34)31-25(18-10-13-36-14-11-18)28(35)32-12-6-9-23(32)27-30-22(16-37-27)20-15-24(33)29-21-8-5-4-7-19(20)21/h4-5,7-8,15-19,25-26H,3,6,9-14H2,1-2H3,(H,32,34);7-9,12,16-17,19-20,25-26H,4-6,10-11,13-15H2,1-3H3,(H,32,34);3-5,7-10,17-18,20,24-25,29H,6,11-16H2,1-2H3,(H,31,33);4-5,7-8,15-18,23,25H,3,6,9-14H2,1-2H3,(H,29,33)(H,31,34)/t18-,25+,26+;19-,25+,26+;18-,24-,25-;17-,23+,25+/m1101/s1. The number of pyridine rings is 2. The second-order valence-electron chi connectivity index (χ2n) is 40.9. The summed E-state index contributed by atoms with van der Waals surface area (Å²) >= 11 is 12.7. The molecule has 6 N–H and O–H groups in total. The van der Waals surface area contributed by atoms with E-state index in [9.17, 15) is 51.6 Å². The van der Waals surface area contributed by atoms with Crippen molar-refractivity contribution in [3.05, 3.63) is 202 Å². The van der Waals surface area contributed by atoms with Crippen LogP contribution in [0.25, 0.3) is 88.4 Å². The second kappa shape index (κ2) is 50.4. The smallest absolute Gasteiger partial charge is 0.249 e. The van der Waals surface area contributed by atoms with Crippen LogP contribution in [0.4, 0.5) is 0 Å². The molecule has 0 radical (unpaired) electrons. The summed E-state index contributed by atoms with van der Waals surface area (Å²) in [5.74, 6) is -0.842. The number of aryl methyl sites for hydroxylation is 1. The van der Waals surface area contributed by atoms with Gasteiger partial charge in [0, 0.05) is 161 Å². The number of carbonyl (C=O) groups excluding carboxylic acids is 8. The maximum atomic E-state index is 14.0. The number of amides is 8. The molecule has 29 nitrogen and oxygen atoms in total. The molecule has 8 amide bonds. The zero-order chi connectivity index (χ0) is 105. The molecule has 12 atom stereocenters. The highest BCUT2D eigenvalue weighted by molar-refractivity contribution is 7.91. The number of nitrogens with zero attached hydrogens (tertiary/aromatic N) is 9. The average molecular weight is 2140 g/mol. The predicted molar refractivity (Wildman–Crippen MR) is 590 cm³/mol. The number of carbonyl (C=O) groups is 8. The van der Waals surface area contributed by atoms with E-state index in [1.54, 1.807) is 54.0 Å². The Kier molecular flexibility index (Phi) is 36.9. The number of fused-ring (bicyclic) bond motifs is 4. The number of hydrogen-bond acceptors (Lipinski definition) is 24. The normalized spacial score (nSPS) is 20.5. The molecule has 0 saturated carbocycles. The third-order valence-corrected chi connectivity index (χ3v) is 37.0. The van der Waals surface area contributed by atoms with Gasteiger partial charge in [-0.3, -0.25) is 48.1 Å². The minimum atomic E-state index is -3.09. The SMILES string of the molecule is CC[C@@H](C)C(=O)N[C@H](C(=O)N1CCC[C@H]1c1nc(-c2cc(=O)[nH]c3ccccc23)cs1)C1CCOCC1.CC[C@@H](C)C(=O)N[C@H](C(=O)N1CCC[C@H]1c1nc(-c2cc(Cl)cc3ccccc23)cs1)C1CCOCC1.CC[C@@H](C)C(=O)N[C@H](C(=O)N1CCC[C@H]1c1nc(-c2ccnc3cc(C)ccc23)cs1)C1CCOCC1.CN[C@@H](C)C(=O)N[C@H](C(=O)N1CCC[C@H]1c1nc(-c2cccc3ccccc23)cs1)C1CCS(=O)(=O)CC1. The van der Waals surface area contributed by atoms with Crippen molar-refractivity contribution in [2.24, 2.45) is 41.4 Å². The van der Waals surface area contributed by atoms with Crippen LogP contribution in [-0.2, 0) is 62.4 Å². The van der Waals surface area contributed by atoms with E-state index in [-0.39, 0.29) is 130 Å². The van der Waals surface area contributed by atoms with Gasteiger partial charge in [-0.2, -0.15) is 0 Å². The number of aromatic nitrogens is 6. The van der Waals surface area contributed by atoms with Crippen molar-refractivity contribution in [1.29, 1.82) is 0 Å². The van der Waals surface area contributed by atoms with E-state index in [2.05, 4.69) is 114 Å². The van der Waals surface area contributed by atoms with Gasteiger partial charge in [-0.15, -0.1) is 45.3 Å². The summed E-state index contributed by atoms with van der Waals surface area (Å²) < 4.78 is 40.8. The number of sulfone groups is 1. The summed E-state index contributed by atoms with van der Waals surface area (Å²) in [6, 6.07) is 40.9. The summed E-state index contributed by atoms with van der Waals surface area (Å²) in [5.41, 5.74) is 10.1. The van der Waals surface area contributed by atoms with Crippen molar-refractivity contribution >= 4 is 157 Å². The summed E-state index contributed by atoms with van der Waals surface area (Å²) in [5, 5.41) is 34.2. The Hall–Kier alpha value is -11.2. The topological polar surface area (TPSA) is 369 Å². The minimum absolute atomic E-state index is 0.0102. The number of aromatic amines is 1. The van der Waals surface area contributed by atoms with Gasteiger partial charge in [-0.25, -0.2) is 28.4 Å². The van der Waals surface area contributed by atoms with Gasteiger partial charge in [-0.1, -0.05) is 150 Å². The van der Waals surface area contributed by atoms with Crippen LogP contribution in [0.15, 0.2) is 166 Å². The average Bonchev–Trinajstić information content (AvgIpc) is 1.71. The largest absolute Gasteiger partial charge is 0.381 e. The molecule has 8 saturated heterocycles. The number of thiazole rings is 4. The molecule has 790 valence electrons. The quantitative estimate of drug-likeness (QED) is 0.0265. The van der Waals surface area contributed by atoms with Gasteiger partial charge in [0.05, 0.1) is 70.0 Å². The Morgan fingerprint density at radius 1 is 0.416 bits per heavy atom. The van der Waals surface area contributed by atoms with Crippen molar-refractivity contribution in [1.82, 2.24) is 76.1 Å². The fraction of sp³-hybridized carbons (Fsp3) is 0.491. The fourth-order valence-corrected chi connectivity index (χ4v) is 27.3. The number of H-pyrrole nitrogens is 1. The summed E-state index contributed by atoms with van der Waals surface area (Å²) in [6.45, 7) is 21.8. The maximum absolute atomic E-state index is 14.0. The van der Waals surface area contributed by atoms with E-state index < -0.39 is 40.0 Å². The van der Waals surface area contributed by atoms with Crippen LogP contribution in [0.2, 0.25) is 5.02 Å². The van der Waals surface area contributed by atoms with E-state index >= 15 is 0 Å². The number of ether oxygens (including phenoxy) is 3. The van der Waals surface area contributed by atoms with E-state index in [1.165, 1.54) is 16.9 Å². The lowest BCUT2D eigenvalue weighted by molar-refractivity contribution is -0.141. The molecule has 20 rings (SSSR count). The summed E-state index contributed by atoms with van der Waals surface area (Å²) in [7, 11) is -1.40. The molecule has 8 aliphatic rings. The lowest BCUT2D eigenvalue weighted by Crippen LogP contribution is -2.56. The first-order valence-corrected chi connectivity index (χ1v) is 58.9. The van der Waals surface area contributed by atoms with Crippen LogP contribution in [0.3, 0.4) is 0 Å². The molecule has 6 aromatic carbocycles. The van der Waals surface area contributed by atoms with Crippen LogP contribution in [0.1, 0.15) is 220 Å². The Morgan fingerprint density at radius 2 is 0.779 bits per heavy atom. The molecular weight excluding hydrogens is 2000 g/mol. The van der Waals surface area contributed by atoms with Crippen molar-refractivity contribution in [3.63, 3.8) is 0 Å². The van der Waals surface area contributed by atoms with E-state index in [1.807, 2.05) is 146 Å². The van der Waals surface area contributed by atoms with Crippen molar-refractivity contribution in [2.45, 2.75) is 232 Å². The van der Waals surface area contributed by atoms with Crippen LogP contribution in [0.5, 0.6) is 0 Å². The van der Waals surface area contributed by atoms with Crippen molar-refractivity contribution in [2.75, 3.05) is 84.4 Å². The van der Waals surface area contributed by atoms with Crippen LogP contribution >= 0.6 is 56.9 Å².